The predicted octanol–water partition coefficient (Wildman–Crippen LogP) is 0.00760. The summed E-state index contributed by atoms with van der Waals surface area (Å²) in [5.74, 6) is 0. The maximum absolute atomic E-state index is 3.85. The standard InChI is InChI=1S/C14H20N.ClH/c1-5-14(6-2)15(3,4)12-13-10-8-7-9-11-13;/h5-11,14H,1-2,12H2,3-4H3;1H/q+1;/p-1. The van der Waals surface area contributed by atoms with Gasteiger partial charge >= 0.3 is 0 Å². The molecule has 0 amide bonds. The van der Waals surface area contributed by atoms with E-state index in [0.29, 0.717) is 6.04 Å². The summed E-state index contributed by atoms with van der Waals surface area (Å²) in [5, 5.41) is 0. The Bertz CT molecular complexity index is 322. The first-order chi connectivity index (χ1) is 7.10. The second kappa shape index (κ2) is 6.51. The van der Waals surface area contributed by atoms with Crippen LogP contribution in [0.25, 0.3) is 0 Å². The Labute approximate surface area is 105 Å². The van der Waals surface area contributed by atoms with Gasteiger partial charge in [0.25, 0.3) is 0 Å². The second-order valence-electron chi connectivity index (χ2n) is 4.38. The van der Waals surface area contributed by atoms with Crippen LogP contribution in [0, 0.1) is 0 Å². The molecule has 88 valence electrons. The van der Waals surface area contributed by atoms with Gasteiger partial charge in [-0.2, -0.15) is 0 Å². The molecule has 0 fully saturated rings. The molecule has 0 unspecified atom stereocenters. The molecule has 0 N–H and O–H groups in total. The highest BCUT2D eigenvalue weighted by atomic mass is 35.5. The first kappa shape index (κ1) is 14.9. The third kappa shape index (κ3) is 3.84. The topological polar surface area (TPSA) is 0 Å². The number of halogens is 1. The van der Waals surface area contributed by atoms with Crippen molar-refractivity contribution in [3.05, 3.63) is 61.2 Å². The maximum atomic E-state index is 3.85. The molecule has 0 saturated carbocycles. The number of rotatable bonds is 5. The summed E-state index contributed by atoms with van der Waals surface area (Å²) < 4.78 is 0.858. The first-order valence-electron chi connectivity index (χ1n) is 5.22. The molecule has 1 aromatic rings. The average molecular weight is 238 g/mol. The number of benzene rings is 1. The number of hydrogen-bond acceptors (Lipinski definition) is 0. The third-order valence-corrected chi connectivity index (χ3v) is 2.72. The first-order valence-corrected chi connectivity index (χ1v) is 5.22. The molecular weight excluding hydrogens is 218 g/mol. The minimum absolute atomic E-state index is 0. The number of quaternary nitrogens is 1. The molecule has 0 saturated heterocycles. The molecule has 0 aliphatic rings. The summed E-state index contributed by atoms with van der Waals surface area (Å²) in [6.07, 6.45) is 3.91. The zero-order valence-electron chi connectivity index (χ0n) is 10.1. The van der Waals surface area contributed by atoms with Gasteiger partial charge in [0.05, 0.1) is 14.1 Å². The van der Waals surface area contributed by atoms with E-state index in [0.717, 1.165) is 11.0 Å². The van der Waals surface area contributed by atoms with Crippen molar-refractivity contribution in [2.75, 3.05) is 14.1 Å². The molecule has 0 aliphatic carbocycles. The van der Waals surface area contributed by atoms with E-state index in [1.807, 2.05) is 18.2 Å². The fourth-order valence-electron chi connectivity index (χ4n) is 1.83. The van der Waals surface area contributed by atoms with Crippen LogP contribution in [0.5, 0.6) is 0 Å². The van der Waals surface area contributed by atoms with Gasteiger partial charge in [-0.05, 0) is 12.2 Å². The Balaban J connectivity index is 0.00000225. The van der Waals surface area contributed by atoms with Gasteiger partial charge in [-0.3, -0.25) is 0 Å². The van der Waals surface area contributed by atoms with E-state index in [-0.39, 0.29) is 12.4 Å². The SMILES string of the molecule is C=CC(C=C)[N+](C)(C)Cc1ccccc1.[Cl-]. The van der Waals surface area contributed by atoms with E-state index in [2.05, 4.69) is 51.5 Å². The van der Waals surface area contributed by atoms with Crippen LogP contribution in [0.3, 0.4) is 0 Å². The van der Waals surface area contributed by atoms with Crippen LogP contribution < -0.4 is 12.4 Å². The van der Waals surface area contributed by atoms with Crippen molar-refractivity contribution in [3.63, 3.8) is 0 Å². The number of likely N-dealkylation sites (N-methyl/N-ethyl adjacent to an activating group) is 1. The summed E-state index contributed by atoms with van der Waals surface area (Å²) in [6.45, 7) is 8.70. The summed E-state index contributed by atoms with van der Waals surface area (Å²) in [6, 6.07) is 10.8. The molecule has 0 aromatic heterocycles. The Morgan fingerprint density at radius 3 is 2.06 bits per heavy atom. The maximum Gasteiger partial charge on any atom is 0.126 e. The normalized spacial score (nSPS) is 10.7. The highest BCUT2D eigenvalue weighted by Gasteiger charge is 2.22. The van der Waals surface area contributed by atoms with Gasteiger partial charge in [0, 0.05) is 5.56 Å². The van der Waals surface area contributed by atoms with Crippen LogP contribution in [0.4, 0.5) is 0 Å². The van der Waals surface area contributed by atoms with Gasteiger partial charge in [-0.1, -0.05) is 43.5 Å². The monoisotopic (exact) mass is 237 g/mol. The zero-order valence-corrected chi connectivity index (χ0v) is 10.8. The van der Waals surface area contributed by atoms with E-state index in [1.54, 1.807) is 0 Å². The van der Waals surface area contributed by atoms with Crippen LogP contribution in [-0.2, 0) is 6.54 Å². The second-order valence-corrected chi connectivity index (χ2v) is 4.38. The molecule has 0 radical (unpaired) electrons. The van der Waals surface area contributed by atoms with Gasteiger partial charge in [0.2, 0.25) is 0 Å². The number of hydrogen-bond donors (Lipinski definition) is 0. The Hall–Kier alpha value is -1.05. The minimum Gasteiger partial charge on any atom is -1.00 e. The highest BCUT2D eigenvalue weighted by Crippen LogP contribution is 2.15. The minimum atomic E-state index is 0. The molecule has 16 heavy (non-hydrogen) atoms. The smallest absolute Gasteiger partial charge is 0.126 e. The van der Waals surface area contributed by atoms with Crippen LogP contribution in [0.1, 0.15) is 5.56 Å². The lowest BCUT2D eigenvalue weighted by atomic mass is 10.1. The molecule has 1 aromatic carbocycles. The molecule has 0 aliphatic heterocycles. The lowest BCUT2D eigenvalue weighted by Crippen LogP contribution is -3.00. The van der Waals surface area contributed by atoms with Gasteiger partial charge < -0.3 is 16.9 Å². The Kier molecular flexibility index (Phi) is 6.09. The van der Waals surface area contributed by atoms with Crippen molar-refractivity contribution in [3.8, 4) is 0 Å². The van der Waals surface area contributed by atoms with Gasteiger partial charge in [-0.25, -0.2) is 0 Å². The summed E-state index contributed by atoms with van der Waals surface area (Å²) in [4.78, 5) is 0. The quantitative estimate of drug-likeness (QED) is 0.500. The van der Waals surface area contributed by atoms with Crippen molar-refractivity contribution >= 4 is 0 Å². The zero-order chi connectivity index (χ0) is 11.3. The van der Waals surface area contributed by atoms with Crippen LogP contribution in [0.2, 0.25) is 0 Å². The molecule has 0 bridgehead atoms. The lowest BCUT2D eigenvalue weighted by Gasteiger charge is -2.34. The van der Waals surface area contributed by atoms with Crippen molar-refractivity contribution in [2.24, 2.45) is 0 Å². The van der Waals surface area contributed by atoms with E-state index in [9.17, 15) is 0 Å². The van der Waals surface area contributed by atoms with Gasteiger partial charge in [0.1, 0.15) is 12.6 Å². The lowest BCUT2D eigenvalue weighted by molar-refractivity contribution is -0.915. The summed E-state index contributed by atoms with van der Waals surface area (Å²) in [7, 11) is 4.39. The van der Waals surface area contributed by atoms with Crippen molar-refractivity contribution in [1.29, 1.82) is 0 Å². The van der Waals surface area contributed by atoms with Crippen LogP contribution in [0.15, 0.2) is 55.6 Å². The highest BCUT2D eigenvalue weighted by molar-refractivity contribution is 5.13. The van der Waals surface area contributed by atoms with Crippen LogP contribution in [-0.4, -0.2) is 24.6 Å². The van der Waals surface area contributed by atoms with Gasteiger partial charge in [0.15, 0.2) is 0 Å². The van der Waals surface area contributed by atoms with Gasteiger partial charge in [-0.15, -0.1) is 0 Å². The molecule has 0 heterocycles. The molecular formula is C14H20ClN. The molecule has 1 nitrogen and oxygen atoms in total. The molecule has 2 heteroatoms. The van der Waals surface area contributed by atoms with E-state index in [4.69, 9.17) is 0 Å². The largest absolute Gasteiger partial charge is 1.00 e. The molecule has 1 rings (SSSR count). The Morgan fingerprint density at radius 2 is 1.62 bits per heavy atom. The fourth-order valence-corrected chi connectivity index (χ4v) is 1.83. The molecule has 0 atom stereocenters. The van der Waals surface area contributed by atoms with Crippen molar-refractivity contribution < 1.29 is 16.9 Å². The van der Waals surface area contributed by atoms with E-state index >= 15 is 0 Å². The average Bonchev–Trinajstić information content (AvgIpc) is 2.19. The third-order valence-electron chi connectivity index (χ3n) is 2.72. The van der Waals surface area contributed by atoms with E-state index < -0.39 is 0 Å². The van der Waals surface area contributed by atoms with Crippen molar-refractivity contribution in [2.45, 2.75) is 12.6 Å². The Morgan fingerprint density at radius 1 is 1.12 bits per heavy atom. The van der Waals surface area contributed by atoms with E-state index in [1.165, 1.54) is 5.56 Å². The predicted molar refractivity (Wildman–Crippen MR) is 66.4 cm³/mol. The van der Waals surface area contributed by atoms with Crippen molar-refractivity contribution in [1.82, 2.24) is 0 Å². The summed E-state index contributed by atoms with van der Waals surface area (Å²) in [5.41, 5.74) is 1.34. The summed E-state index contributed by atoms with van der Waals surface area (Å²) >= 11 is 0. The molecule has 0 spiro atoms. The number of nitrogens with zero attached hydrogens (tertiary/aromatic N) is 1. The van der Waals surface area contributed by atoms with Crippen LogP contribution >= 0.6 is 0 Å². The fraction of sp³-hybridized carbons (Fsp3) is 0.286.